The SMILES string of the molecule is CCCCCC[CH2][Sn]([c]1ccccc1)([c]1ccccc1)[C@@H]1C[C@H](C)CC[C@H]1C(C)C. The van der Waals surface area contributed by atoms with E-state index in [4.69, 9.17) is 0 Å². The molecule has 0 amide bonds. The van der Waals surface area contributed by atoms with E-state index >= 15 is 0 Å². The summed E-state index contributed by atoms with van der Waals surface area (Å²) in [6.45, 7) is 9.86. The number of rotatable bonds is 10. The van der Waals surface area contributed by atoms with Crippen LogP contribution in [0.15, 0.2) is 60.7 Å². The van der Waals surface area contributed by atoms with Crippen molar-refractivity contribution in [1.29, 1.82) is 0 Å². The van der Waals surface area contributed by atoms with Crippen molar-refractivity contribution < 1.29 is 0 Å². The fourth-order valence-corrected chi connectivity index (χ4v) is 25.2. The Labute approximate surface area is 190 Å². The maximum atomic E-state index is 2.53. The first-order valence-electron chi connectivity index (χ1n) is 12.7. The van der Waals surface area contributed by atoms with Crippen molar-refractivity contribution in [3.63, 3.8) is 0 Å². The molecule has 1 aliphatic carbocycles. The Bertz CT molecular complexity index is 681. The zero-order valence-electron chi connectivity index (χ0n) is 19.9. The van der Waals surface area contributed by atoms with Gasteiger partial charge >= 0.3 is 191 Å². The maximum absolute atomic E-state index is 2.90. The van der Waals surface area contributed by atoms with Crippen LogP contribution in [0.1, 0.15) is 79.1 Å². The molecule has 0 bridgehead atoms. The van der Waals surface area contributed by atoms with E-state index in [9.17, 15) is 0 Å². The molecule has 0 saturated heterocycles. The first kappa shape index (κ1) is 23.9. The molecule has 164 valence electrons. The molecular weight excluding hydrogens is 467 g/mol. The van der Waals surface area contributed by atoms with Crippen LogP contribution in [0.3, 0.4) is 0 Å². The fraction of sp³-hybridized carbons (Fsp3) is 0.586. The second kappa shape index (κ2) is 11.7. The molecule has 0 nitrogen and oxygen atoms in total. The van der Waals surface area contributed by atoms with Gasteiger partial charge in [-0.2, -0.15) is 0 Å². The van der Waals surface area contributed by atoms with Gasteiger partial charge < -0.3 is 0 Å². The Morgan fingerprint density at radius 3 is 1.90 bits per heavy atom. The van der Waals surface area contributed by atoms with Gasteiger partial charge in [-0.15, -0.1) is 0 Å². The molecule has 1 saturated carbocycles. The molecule has 2 aromatic rings. The van der Waals surface area contributed by atoms with E-state index in [1.54, 1.807) is 7.16 Å². The zero-order valence-corrected chi connectivity index (χ0v) is 22.8. The van der Waals surface area contributed by atoms with Crippen molar-refractivity contribution in [2.75, 3.05) is 0 Å². The van der Waals surface area contributed by atoms with Crippen molar-refractivity contribution in [2.45, 2.75) is 87.4 Å². The van der Waals surface area contributed by atoms with Crippen molar-refractivity contribution in [3.05, 3.63) is 60.7 Å². The van der Waals surface area contributed by atoms with Crippen LogP contribution in [0.5, 0.6) is 0 Å². The van der Waals surface area contributed by atoms with Gasteiger partial charge in [0.2, 0.25) is 0 Å². The summed E-state index contributed by atoms with van der Waals surface area (Å²) in [5.74, 6) is 2.58. The molecule has 30 heavy (non-hydrogen) atoms. The molecule has 3 atom stereocenters. The topological polar surface area (TPSA) is 0 Å². The number of hydrogen-bond acceptors (Lipinski definition) is 0. The predicted octanol–water partition coefficient (Wildman–Crippen LogP) is 7.68. The van der Waals surface area contributed by atoms with E-state index in [1.165, 1.54) is 55.8 Å². The quantitative estimate of drug-likeness (QED) is 0.227. The van der Waals surface area contributed by atoms with Gasteiger partial charge in [-0.1, -0.05) is 0 Å². The van der Waals surface area contributed by atoms with Gasteiger partial charge in [0.05, 0.1) is 0 Å². The minimum atomic E-state index is -2.90. The molecule has 0 aromatic heterocycles. The third kappa shape index (κ3) is 5.53. The summed E-state index contributed by atoms with van der Waals surface area (Å²) in [5, 5.41) is 0. The normalized spacial score (nSPS) is 22.4. The Morgan fingerprint density at radius 2 is 1.37 bits per heavy atom. The molecule has 1 aliphatic rings. The minimum absolute atomic E-state index is 0.797. The van der Waals surface area contributed by atoms with Gasteiger partial charge in [-0.25, -0.2) is 0 Å². The van der Waals surface area contributed by atoms with E-state index in [-0.39, 0.29) is 0 Å². The van der Waals surface area contributed by atoms with E-state index in [2.05, 4.69) is 88.4 Å². The van der Waals surface area contributed by atoms with Crippen molar-refractivity contribution >= 4 is 25.5 Å². The van der Waals surface area contributed by atoms with Crippen molar-refractivity contribution in [3.8, 4) is 0 Å². The third-order valence-corrected chi connectivity index (χ3v) is 24.5. The van der Waals surface area contributed by atoms with Gasteiger partial charge in [0.15, 0.2) is 0 Å². The summed E-state index contributed by atoms with van der Waals surface area (Å²) in [5.41, 5.74) is 0. The Hall–Kier alpha value is -0.761. The van der Waals surface area contributed by atoms with Crippen LogP contribution in [0, 0.1) is 17.8 Å². The van der Waals surface area contributed by atoms with Gasteiger partial charge in [-0.05, 0) is 0 Å². The number of unbranched alkanes of at least 4 members (excludes halogenated alkanes) is 4. The van der Waals surface area contributed by atoms with E-state index in [1.807, 2.05) is 0 Å². The van der Waals surface area contributed by atoms with Crippen LogP contribution >= 0.6 is 0 Å². The molecule has 3 rings (SSSR count). The third-order valence-electron chi connectivity index (χ3n) is 7.91. The van der Waals surface area contributed by atoms with Crippen LogP contribution in [-0.4, -0.2) is 18.4 Å². The molecule has 0 spiro atoms. The van der Waals surface area contributed by atoms with Gasteiger partial charge in [-0.3, -0.25) is 0 Å². The Kier molecular flexibility index (Phi) is 9.35. The molecular formula is C29H44Sn. The molecule has 0 radical (unpaired) electrons. The second-order valence-corrected chi connectivity index (χ2v) is 22.7. The summed E-state index contributed by atoms with van der Waals surface area (Å²) in [7, 11) is 0. The summed E-state index contributed by atoms with van der Waals surface area (Å²) in [6, 6.07) is 23.8. The van der Waals surface area contributed by atoms with Crippen LogP contribution in [0.2, 0.25) is 8.37 Å². The molecule has 2 aromatic carbocycles. The summed E-state index contributed by atoms with van der Waals surface area (Å²) < 4.78 is 5.95. The van der Waals surface area contributed by atoms with Gasteiger partial charge in [0.1, 0.15) is 0 Å². The zero-order chi connectivity index (χ0) is 21.4. The Morgan fingerprint density at radius 1 is 0.800 bits per heavy atom. The van der Waals surface area contributed by atoms with Crippen molar-refractivity contribution in [1.82, 2.24) is 0 Å². The molecule has 0 heterocycles. The second-order valence-electron chi connectivity index (χ2n) is 10.3. The average Bonchev–Trinajstić information content (AvgIpc) is 2.77. The summed E-state index contributed by atoms with van der Waals surface area (Å²) in [4.78, 5) is 0. The summed E-state index contributed by atoms with van der Waals surface area (Å²) in [6.07, 6.45) is 11.3. The number of hydrogen-bond donors (Lipinski definition) is 0. The average molecular weight is 511 g/mol. The van der Waals surface area contributed by atoms with Crippen LogP contribution in [0.4, 0.5) is 0 Å². The van der Waals surface area contributed by atoms with Crippen LogP contribution in [-0.2, 0) is 0 Å². The fourth-order valence-electron chi connectivity index (χ4n) is 6.32. The van der Waals surface area contributed by atoms with Gasteiger partial charge in [0.25, 0.3) is 0 Å². The van der Waals surface area contributed by atoms with Crippen LogP contribution < -0.4 is 7.16 Å². The van der Waals surface area contributed by atoms with Crippen LogP contribution in [0.25, 0.3) is 0 Å². The molecule has 0 aliphatic heterocycles. The molecule has 0 N–H and O–H groups in total. The number of benzene rings is 2. The van der Waals surface area contributed by atoms with Crippen molar-refractivity contribution in [2.24, 2.45) is 17.8 Å². The monoisotopic (exact) mass is 512 g/mol. The van der Waals surface area contributed by atoms with E-state index in [0.717, 1.165) is 21.7 Å². The van der Waals surface area contributed by atoms with Gasteiger partial charge in [0, 0.05) is 0 Å². The first-order valence-corrected chi connectivity index (χ1v) is 19.2. The molecule has 1 fully saturated rings. The van der Waals surface area contributed by atoms with E-state index < -0.39 is 18.4 Å². The molecule has 1 heteroatoms. The predicted molar refractivity (Wildman–Crippen MR) is 137 cm³/mol. The standard InChI is InChI=1S/C10H19.C7H15.2C6H5.Sn/c1-8(2)10-6-4-9(3)5-7-10;1-3-5-7-6-4-2;2*1-2-4-6-5-3-1;/h6,8-10H,4-5,7H2,1-3H3;1,3-7H2,2H3;2*1-5H;/t9-,10-;;;;/m0..../s1. The summed E-state index contributed by atoms with van der Waals surface area (Å²) >= 11 is -2.90. The Balaban J connectivity index is 2.09. The first-order chi connectivity index (χ1) is 14.6. The van der Waals surface area contributed by atoms with E-state index in [0.29, 0.717) is 0 Å². The molecule has 0 unspecified atom stereocenters.